The quantitative estimate of drug-likeness (QED) is 0.436. The highest BCUT2D eigenvalue weighted by Gasteiger charge is 2.12. The van der Waals surface area contributed by atoms with Crippen molar-refractivity contribution >= 4 is 40.1 Å². The van der Waals surface area contributed by atoms with Crippen LogP contribution in [0.1, 0.15) is 6.92 Å². The molecule has 0 unspecified atom stereocenters. The lowest BCUT2D eigenvalue weighted by atomic mass is 10.1. The van der Waals surface area contributed by atoms with Gasteiger partial charge in [-0.3, -0.25) is 4.79 Å². The number of aromatic amines is 1. The summed E-state index contributed by atoms with van der Waals surface area (Å²) in [6.07, 6.45) is 5.62. The van der Waals surface area contributed by atoms with Gasteiger partial charge in [-0.05, 0) is 24.5 Å². The van der Waals surface area contributed by atoms with Crippen molar-refractivity contribution in [3.05, 3.63) is 30.6 Å². The van der Waals surface area contributed by atoms with Crippen molar-refractivity contribution in [3.8, 4) is 11.3 Å². The average Bonchev–Trinajstić information content (AvgIpc) is 3.04. The number of fused-ring (bicyclic) bond motifs is 1. The topological polar surface area (TPSA) is 91.9 Å². The molecule has 0 aliphatic heterocycles. The number of carbonyl (C=O) groups excluding carboxylic acids is 1. The molecule has 8 heteroatoms. The SMILES string of the molecule is COCCNc1cc(SC)nc(-c2c[nH]c3cnc(NC(C)=O)cc23)c1. The zero-order valence-electron chi connectivity index (χ0n) is 14.9. The van der Waals surface area contributed by atoms with Crippen LogP contribution in [0.15, 0.2) is 35.6 Å². The predicted molar refractivity (Wildman–Crippen MR) is 106 cm³/mol. The molecule has 3 aromatic heterocycles. The summed E-state index contributed by atoms with van der Waals surface area (Å²) < 4.78 is 5.10. The lowest BCUT2D eigenvalue weighted by Crippen LogP contribution is -2.08. The van der Waals surface area contributed by atoms with Crippen LogP contribution in [0.5, 0.6) is 0 Å². The molecule has 0 atom stereocenters. The molecular formula is C18H21N5O2S. The molecule has 3 heterocycles. The third-order valence-corrected chi connectivity index (χ3v) is 4.42. The lowest BCUT2D eigenvalue weighted by Gasteiger charge is -2.10. The first-order valence-corrected chi connectivity index (χ1v) is 9.37. The van der Waals surface area contributed by atoms with E-state index in [1.54, 1.807) is 25.1 Å². The van der Waals surface area contributed by atoms with Gasteiger partial charge in [-0.15, -0.1) is 11.8 Å². The second-order valence-electron chi connectivity index (χ2n) is 5.70. The average molecular weight is 371 g/mol. The van der Waals surface area contributed by atoms with Crippen LogP contribution in [-0.4, -0.2) is 47.4 Å². The number of ether oxygens (including phenoxy) is 1. The molecule has 26 heavy (non-hydrogen) atoms. The van der Waals surface area contributed by atoms with E-state index in [0.29, 0.717) is 12.4 Å². The Morgan fingerprint density at radius 2 is 2.19 bits per heavy atom. The van der Waals surface area contributed by atoms with Gasteiger partial charge in [0.25, 0.3) is 0 Å². The van der Waals surface area contributed by atoms with Crippen molar-refractivity contribution in [3.63, 3.8) is 0 Å². The minimum absolute atomic E-state index is 0.152. The highest BCUT2D eigenvalue weighted by molar-refractivity contribution is 7.98. The molecule has 0 aliphatic rings. The van der Waals surface area contributed by atoms with Gasteiger partial charge in [0.15, 0.2) is 0 Å². The predicted octanol–water partition coefficient (Wildman–Crippen LogP) is 3.36. The summed E-state index contributed by atoms with van der Waals surface area (Å²) in [5.41, 5.74) is 3.68. The molecule has 0 spiro atoms. The molecule has 0 aromatic carbocycles. The van der Waals surface area contributed by atoms with E-state index in [2.05, 4.69) is 20.6 Å². The van der Waals surface area contributed by atoms with Crippen molar-refractivity contribution in [2.45, 2.75) is 11.9 Å². The Bertz CT molecular complexity index is 925. The van der Waals surface area contributed by atoms with E-state index in [1.807, 2.05) is 30.7 Å². The van der Waals surface area contributed by atoms with Crippen LogP contribution in [0, 0.1) is 0 Å². The Labute approximate surface area is 156 Å². The fraction of sp³-hybridized carbons (Fsp3) is 0.278. The fourth-order valence-corrected chi connectivity index (χ4v) is 3.06. The molecule has 3 rings (SSSR count). The monoisotopic (exact) mass is 371 g/mol. The first-order valence-electron chi connectivity index (χ1n) is 8.14. The Morgan fingerprint density at radius 1 is 1.35 bits per heavy atom. The number of carbonyl (C=O) groups is 1. The molecule has 3 N–H and O–H groups in total. The molecule has 0 saturated heterocycles. The summed E-state index contributed by atoms with van der Waals surface area (Å²) in [6.45, 7) is 2.81. The summed E-state index contributed by atoms with van der Waals surface area (Å²) in [6, 6.07) is 5.88. The summed E-state index contributed by atoms with van der Waals surface area (Å²) in [4.78, 5) is 23.5. The van der Waals surface area contributed by atoms with Crippen LogP contribution in [0.3, 0.4) is 0 Å². The maximum atomic E-state index is 11.3. The molecule has 1 amide bonds. The number of nitrogens with one attached hydrogen (secondary N) is 3. The molecule has 0 saturated carbocycles. The normalized spacial score (nSPS) is 10.9. The molecular weight excluding hydrogens is 350 g/mol. The summed E-state index contributed by atoms with van der Waals surface area (Å²) in [7, 11) is 1.68. The Morgan fingerprint density at radius 3 is 2.92 bits per heavy atom. The van der Waals surface area contributed by atoms with E-state index >= 15 is 0 Å². The number of aromatic nitrogens is 3. The van der Waals surface area contributed by atoms with Gasteiger partial charge < -0.3 is 20.4 Å². The van der Waals surface area contributed by atoms with Crippen LogP contribution in [0.4, 0.5) is 11.5 Å². The number of H-pyrrole nitrogens is 1. The molecule has 136 valence electrons. The van der Waals surface area contributed by atoms with Crippen molar-refractivity contribution in [2.75, 3.05) is 37.2 Å². The minimum atomic E-state index is -0.152. The van der Waals surface area contributed by atoms with Crippen LogP contribution >= 0.6 is 11.8 Å². The minimum Gasteiger partial charge on any atom is -0.383 e. The van der Waals surface area contributed by atoms with Gasteiger partial charge in [-0.1, -0.05) is 0 Å². The van der Waals surface area contributed by atoms with Gasteiger partial charge >= 0.3 is 0 Å². The third kappa shape index (κ3) is 4.14. The number of rotatable bonds is 7. The van der Waals surface area contributed by atoms with Gasteiger partial charge in [0, 0.05) is 43.4 Å². The van der Waals surface area contributed by atoms with E-state index in [-0.39, 0.29) is 5.91 Å². The van der Waals surface area contributed by atoms with E-state index in [9.17, 15) is 4.79 Å². The summed E-state index contributed by atoms with van der Waals surface area (Å²) in [5, 5.41) is 7.95. The number of amides is 1. The Balaban J connectivity index is 2.01. The molecule has 0 aliphatic carbocycles. The highest BCUT2D eigenvalue weighted by Crippen LogP contribution is 2.31. The zero-order valence-corrected chi connectivity index (χ0v) is 15.7. The van der Waals surface area contributed by atoms with Gasteiger partial charge in [-0.2, -0.15) is 0 Å². The highest BCUT2D eigenvalue weighted by atomic mass is 32.2. The van der Waals surface area contributed by atoms with Crippen molar-refractivity contribution in [1.29, 1.82) is 0 Å². The van der Waals surface area contributed by atoms with Crippen molar-refractivity contribution < 1.29 is 9.53 Å². The molecule has 7 nitrogen and oxygen atoms in total. The second kappa shape index (κ2) is 8.20. The van der Waals surface area contributed by atoms with Crippen LogP contribution in [0.2, 0.25) is 0 Å². The number of methoxy groups -OCH3 is 1. The van der Waals surface area contributed by atoms with E-state index in [0.717, 1.165) is 39.4 Å². The Hall–Kier alpha value is -2.58. The fourth-order valence-electron chi connectivity index (χ4n) is 2.63. The largest absolute Gasteiger partial charge is 0.383 e. The first-order chi connectivity index (χ1) is 12.6. The standard InChI is InChI=1S/C18H21N5O2S/c1-11(24)22-17-8-13-14(9-20-16(13)10-21-17)15-6-12(19-4-5-25-2)7-18(23-15)26-3/h6-10,20H,4-5H2,1-3H3,(H,19,23)(H,21,22,24). The maximum absolute atomic E-state index is 11.3. The van der Waals surface area contributed by atoms with Crippen LogP contribution < -0.4 is 10.6 Å². The van der Waals surface area contributed by atoms with Gasteiger partial charge in [0.1, 0.15) is 5.82 Å². The Kier molecular flexibility index (Phi) is 5.75. The lowest BCUT2D eigenvalue weighted by molar-refractivity contribution is -0.114. The third-order valence-electron chi connectivity index (χ3n) is 3.79. The van der Waals surface area contributed by atoms with Crippen molar-refractivity contribution in [2.24, 2.45) is 0 Å². The summed E-state index contributed by atoms with van der Waals surface area (Å²) in [5.74, 6) is 0.367. The number of thioether (sulfide) groups is 1. The number of hydrogen-bond donors (Lipinski definition) is 3. The molecule has 3 aromatic rings. The second-order valence-corrected chi connectivity index (χ2v) is 6.53. The van der Waals surface area contributed by atoms with Gasteiger partial charge in [0.05, 0.1) is 29.0 Å². The molecule has 0 radical (unpaired) electrons. The number of nitrogens with zero attached hydrogens (tertiary/aromatic N) is 2. The van der Waals surface area contributed by atoms with E-state index in [1.165, 1.54) is 6.92 Å². The molecule has 0 bridgehead atoms. The molecule has 0 fully saturated rings. The first kappa shape index (κ1) is 18.2. The van der Waals surface area contributed by atoms with Crippen molar-refractivity contribution in [1.82, 2.24) is 15.0 Å². The number of hydrogen-bond acceptors (Lipinski definition) is 6. The van der Waals surface area contributed by atoms with Gasteiger partial charge in [-0.25, -0.2) is 9.97 Å². The maximum Gasteiger partial charge on any atom is 0.222 e. The smallest absolute Gasteiger partial charge is 0.222 e. The van der Waals surface area contributed by atoms with E-state index in [4.69, 9.17) is 9.72 Å². The van der Waals surface area contributed by atoms with E-state index < -0.39 is 0 Å². The summed E-state index contributed by atoms with van der Waals surface area (Å²) >= 11 is 1.59. The van der Waals surface area contributed by atoms with Crippen LogP contribution in [0.25, 0.3) is 22.2 Å². The van der Waals surface area contributed by atoms with Crippen LogP contribution in [-0.2, 0) is 9.53 Å². The van der Waals surface area contributed by atoms with Gasteiger partial charge in [0.2, 0.25) is 5.91 Å². The number of anilines is 2. The number of pyridine rings is 2. The zero-order chi connectivity index (χ0) is 18.5.